The lowest BCUT2D eigenvalue weighted by Crippen LogP contribution is -2.00. The van der Waals surface area contributed by atoms with E-state index >= 15 is 0 Å². The fourth-order valence-electron chi connectivity index (χ4n) is 2.50. The predicted molar refractivity (Wildman–Crippen MR) is 93.9 cm³/mol. The second-order valence-corrected chi connectivity index (χ2v) is 5.26. The van der Waals surface area contributed by atoms with Crippen LogP contribution in [0.2, 0.25) is 0 Å². The first-order chi connectivity index (χ1) is 11.7. The van der Waals surface area contributed by atoms with Crippen LogP contribution in [-0.4, -0.2) is 15.8 Å². The molecule has 0 aliphatic heterocycles. The monoisotopic (exact) mass is 319 g/mol. The number of allylic oxidation sites excluding steroid dienone is 4. The summed E-state index contributed by atoms with van der Waals surface area (Å²) in [6.45, 7) is 5.15. The molecule has 0 saturated carbocycles. The van der Waals surface area contributed by atoms with E-state index in [2.05, 4.69) is 21.9 Å². The number of ether oxygens (including phenoxy) is 1. The maximum Gasteiger partial charge on any atom is 0.229 e. The summed E-state index contributed by atoms with van der Waals surface area (Å²) >= 11 is 0. The Morgan fingerprint density at radius 3 is 3.04 bits per heavy atom. The average Bonchev–Trinajstić information content (AvgIpc) is 2.77. The fraction of sp³-hybridized carbons (Fsp3) is 0.105. The van der Waals surface area contributed by atoms with Crippen LogP contribution in [0.3, 0.4) is 0 Å². The quantitative estimate of drug-likeness (QED) is 0.905. The summed E-state index contributed by atoms with van der Waals surface area (Å²) < 4.78 is 5.81. The Morgan fingerprint density at radius 2 is 2.25 bits per heavy atom. The molecule has 1 heterocycles. The summed E-state index contributed by atoms with van der Waals surface area (Å²) in [5, 5.41) is 2.82. The molecule has 1 aliphatic rings. The van der Waals surface area contributed by atoms with Gasteiger partial charge in [0.15, 0.2) is 5.78 Å². The number of hydrogen-bond donors (Lipinski definition) is 1. The molecule has 1 aromatic heterocycles. The maximum atomic E-state index is 11.8. The minimum absolute atomic E-state index is 0.0485. The summed E-state index contributed by atoms with van der Waals surface area (Å²) in [5.74, 6) is 1.56. The number of nitrogens with zero attached hydrogens (tertiary/aromatic N) is 2. The van der Waals surface area contributed by atoms with E-state index in [1.807, 2.05) is 36.4 Å². The van der Waals surface area contributed by atoms with Gasteiger partial charge in [-0.2, -0.15) is 4.98 Å². The molecule has 0 bridgehead atoms. The zero-order valence-corrected chi connectivity index (χ0v) is 13.3. The van der Waals surface area contributed by atoms with Crippen LogP contribution >= 0.6 is 0 Å². The number of benzene rings is 1. The van der Waals surface area contributed by atoms with E-state index in [1.165, 1.54) is 6.20 Å². The molecule has 0 saturated heterocycles. The molecule has 1 N–H and O–H groups in total. The maximum absolute atomic E-state index is 11.8. The van der Waals surface area contributed by atoms with Crippen LogP contribution in [0.4, 0.5) is 5.95 Å². The molecular formula is C19H17N3O2. The van der Waals surface area contributed by atoms with Gasteiger partial charge in [0.2, 0.25) is 11.8 Å². The Morgan fingerprint density at radius 1 is 1.38 bits per heavy atom. The smallest absolute Gasteiger partial charge is 0.229 e. The third kappa shape index (κ3) is 3.41. The minimum atomic E-state index is 0.0485. The Balaban J connectivity index is 1.89. The highest BCUT2D eigenvalue weighted by atomic mass is 16.5. The molecule has 5 heteroatoms. The zero-order valence-electron chi connectivity index (χ0n) is 13.3. The number of aromatic nitrogens is 2. The zero-order chi connectivity index (χ0) is 16.9. The van der Waals surface area contributed by atoms with Gasteiger partial charge in [0, 0.05) is 17.8 Å². The standard InChI is InChI=1S/C19H17N3O2/c1-3-20-19-21-11-10-18(22-19)24-15-8-9-17-14(12-15)6-4-5-7-16(17)13(2)23/h3-5,7-12H,1,6H2,2H3,(H,20,21,22). The van der Waals surface area contributed by atoms with Crippen molar-refractivity contribution in [3.8, 4) is 11.6 Å². The van der Waals surface area contributed by atoms with Crippen LogP contribution in [0.1, 0.15) is 18.1 Å². The Bertz CT molecular complexity index is 853. The topological polar surface area (TPSA) is 64.1 Å². The first-order valence-electron chi connectivity index (χ1n) is 7.57. The highest BCUT2D eigenvalue weighted by Gasteiger charge is 2.14. The van der Waals surface area contributed by atoms with Crippen LogP contribution in [0.25, 0.3) is 5.57 Å². The molecule has 0 spiro atoms. The summed E-state index contributed by atoms with van der Waals surface area (Å²) in [6.07, 6.45) is 9.64. The lowest BCUT2D eigenvalue weighted by molar-refractivity contribution is -0.111. The molecule has 0 atom stereocenters. The number of anilines is 1. The number of fused-ring (bicyclic) bond motifs is 1. The first kappa shape index (κ1) is 15.7. The SMILES string of the molecule is C=CNc1nccc(Oc2ccc3c(c2)CC=CC=C3C(C)=O)n1. The second-order valence-electron chi connectivity index (χ2n) is 5.26. The van der Waals surface area contributed by atoms with Gasteiger partial charge in [0.1, 0.15) is 5.75 Å². The molecule has 24 heavy (non-hydrogen) atoms. The number of nitrogens with one attached hydrogen (secondary N) is 1. The van der Waals surface area contributed by atoms with Crippen molar-refractivity contribution < 1.29 is 9.53 Å². The van der Waals surface area contributed by atoms with E-state index in [1.54, 1.807) is 19.2 Å². The van der Waals surface area contributed by atoms with Crippen molar-refractivity contribution >= 4 is 17.3 Å². The van der Waals surface area contributed by atoms with Crippen molar-refractivity contribution in [1.29, 1.82) is 0 Å². The number of carbonyl (C=O) groups excluding carboxylic acids is 1. The summed E-state index contributed by atoms with van der Waals surface area (Å²) in [6, 6.07) is 7.36. The summed E-state index contributed by atoms with van der Waals surface area (Å²) in [5.41, 5.74) is 2.70. The van der Waals surface area contributed by atoms with Crippen LogP contribution in [0.5, 0.6) is 11.6 Å². The Kier molecular flexibility index (Phi) is 4.52. The summed E-state index contributed by atoms with van der Waals surface area (Å²) in [4.78, 5) is 20.1. The van der Waals surface area contributed by atoms with Gasteiger partial charge < -0.3 is 10.1 Å². The largest absolute Gasteiger partial charge is 0.439 e. The van der Waals surface area contributed by atoms with Crippen molar-refractivity contribution in [1.82, 2.24) is 9.97 Å². The molecule has 0 amide bonds. The molecule has 0 fully saturated rings. The van der Waals surface area contributed by atoms with E-state index in [0.717, 1.165) is 17.5 Å². The molecule has 120 valence electrons. The number of hydrogen-bond acceptors (Lipinski definition) is 5. The van der Waals surface area contributed by atoms with Gasteiger partial charge in [-0.1, -0.05) is 30.9 Å². The van der Waals surface area contributed by atoms with Crippen LogP contribution < -0.4 is 10.1 Å². The molecule has 1 aromatic carbocycles. The summed E-state index contributed by atoms with van der Waals surface area (Å²) in [7, 11) is 0. The average molecular weight is 319 g/mol. The first-order valence-corrected chi connectivity index (χ1v) is 7.57. The molecular weight excluding hydrogens is 302 g/mol. The third-order valence-electron chi connectivity index (χ3n) is 3.57. The third-order valence-corrected chi connectivity index (χ3v) is 3.57. The molecule has 3 rings (SSSR count). The van der Waals surface area contributed by atoms with Crippen molar-refractivity contribution in [2.75, 3.05) is 5.32 Å². The van der Waals surface area contributed by atoms with Gasteiger partial charge in [-0.25, -0.2) is 4.98 Å². The number of ketones is 1. The van der Waals surface area contributed by atoms with Crippen LogP contribution in [-0.2, 0) is 11.2 Å². The van der Waals surface area contributed by atoms with Gasteiger partial charge in [-0.3, -0.25) is 4.79 Å². The molecule has 0 unspecified atom stereocenters. The minimum Gasteiger partial charge on any atom is -0.439 e. The number of rotatable bonds is 5. The van der Waals surface area contributed by atoms with E-state index in [4.69, 9.17) is 4.74 Å². The fourth-order valence-corrected chi connectivity index (χ4v) is 2.50. The second kappa shape index (κ2) is 6.91. The van der Waals surface area contributed by atoms with Crippen molar-refractivity contribution in [3.05, 3.63) is 72.6 Å². The lowest BCUT2D eigenvalue weighted by Gasteiger charge is -2.11. The van der Waals surface area contributed by atoms with Crippen molar-refractivity contribution in [3.63, 3.8) is 0 Å². The van der Waals surface area contributed by atoms with Crippen LogP contribution in [0.15, 0.2) is 61.5 Å². The van der Waals surface area contributed by atoms with Gasteiger partial charge >= 0.3 is 0 Å². The van der Waals surface area contributed by atoms with E-state index in [-0.39, 0.29) is 5.78 Å². The predicted octanol–water partition coefficient (Wildman–Crippen LogP) is 3.91. The Hall–Kier alpha value is -3.21. The van der Waals surface area contributed by atoms with Gasteiger partial charge in [-0.15, -0.1) is 0 Å². The number of carbonyl (C=O) groups is 1. The van der Waals surface area contributed by atoms with Crippen LogP contribution in [0, 0.1) is 0 Å². The Labute approximate surface area is 140 Å². The molecule has 0 radical (unpaired) electrons. The highest BCUT2D eigenvalue weighted by molar-refractivity contribution is 6.20. The molecule has 1 aliphatic carbocycles. The van der Waals surface area contributed by atoms with E-state index in [0.29, 0.717) is 23.2 Å². The van der Waals surface area contributed by atoms with Gasteiger partial charge in [0.05, 0.1) is 0 Å². The normalized spacial score (nSPS) is 12.6. The van der Waals surface area contributed by atoms with Crippen molar-refractivity contribution in [2.24, 2.45) is 0 Å². The van der Waals surface area contributed by atoms with Crippen molar-refractivity contribution in [2.45, 2.75) is 13.3 Å². The lowest BCUT2D eigenvalue weighted by atomic mass is 9.96. The number of Topliss-reactive ketones (excluding diaryl/α,β-unsaturated/α-hetero) is 1. The van der Waals surface area contributed by atoms with Gasteiger partial charge in [-0.05, 0) is 42.8 Å². The van der Waals surface area contributed by atoms with E-state index < -0.39 is 0 Å². The van der Waals surface area contributed by atoms with E-state index in [9.17, 15) is 4.79 Å². The molecule has 2 aromatic rings. The highest BCUT2D eigenvalue weighted by Crippen LogP contribution is 2.29. The molecule has 5 nitrogen and oxygen atoms in total. The van der Waals surface area contributed by atoms with Gasteiger partial charge in [0.25, 0.3) is 0 Å².